The predicted molar refractivity (Wildman–Crippen MR) is 71.6 cm³/mol. The Balaban J connectivity index is 2.98. The van der Waals surface area contributed by atoms with Crippen molar-refractivity contribution in [1.29, 1.82) is 0 Å². The number of aliphatic hydroxyl groups is 1. The maximum absolute atomic E-state index is 8.98. The monoisotopic (exact) mass is 236 g/mol. The summed E-state index contributed by atoms with van der Waals surface area (Å²) >= 11 is 0. The number of anilines is 1. The Labute approximate surface area is 102 Å². The summed E-state index contributed by atoms with van der Waals surface area (Å²) in [6.07, 6.45) is 0. The van der Waals surface area contributed by atoms with Crippen LogP contribution in [-0.2, 0) is 0 Å². The van der Waals surface area contributed by atoms with Crippen molar-refractivity contribution in [3.63, 3.8) is 0 Å². The fraction of sp³-hybridized carbons (Fsp3) is 0.417. The number of aliphatic imine (C=N–C) groups is 1. The van der Waals surface area contributed by atoms with E-state index < -0.39 is 0 Å². The van der Waals surface area contributed by atoms with Gasteiger partial charge < -0.3 is 21.5 Å². The molecule has 0 aliphatic carbocycles. The van der Waals surface area contributed by atoms with Crippen molar-refractivity contribution in [2.45, 2.75) is 13.8 Å². The second kappa shape index (κ2) is 6.10. The van der Waals surface area contributed by atoms with E-state index in [1.54, 1.807) is 0 Å². The molecule has 5 nitrogen and oxygen atoms in total. The number of benzene rings is 1. The summed E-state index contributed by atoms with van der Waals surface area (Å²) in [5.74, 6) is 0.0588. The molecule has 1 aromatic carbocycles. The summed E-state index contributed by atoms with van der Waals surface area (Å²) in [7, 11) is 0. The maximum atomic E-state index is 8.98. The summed E-state index contributed by atoms with van der Waals surface area (Å²) < 4.78 is 0. The highest BCUT2D eigenvalue weighted by molar-refractivity contribution is 5.79. The molecule has 0 heterocycles. The molecule has 0 aliphatic rings. The zero-order valence-corrected chi connectivity index (χ0v) is 10.3. The van der Waals surface area contributed by atoms with Crippen LogP contribution in [0.25, 0.3) is 0 Å². The number of rotatable bonds is 5. The van der Waals surface area contributed by atoms with E-state index in [9.17, 15) is 0 Å². The van der Waals surface area contributed by atoms with Gasteiger partial charge >= 0.3 is 0 Å². The van der Waals surface area contributed by atoms with Gasteiger partial charge in [0.1, 0.15) is 0 Å². The third-order valence-electron chi connectivity index (χ3n) is 2.55. The summed E-state index contributed by atoms with van der Waals surface area (Å²) in [4.78, 5) is 6.13. The van der Waals surface area contributed by atoms with Gasteiger partial charge in [-0.1, -0.05) is 0 Å². The van der Waals surface area contributed by atoms with Crippen molar-refractivity contribution in [3.05, 3.63) is 23.8 Å². The standard InChI is InChI=1S/C12H20N4O/c1-3-16(6-7-17)10-4-5-11(9(2)8-10)15-12(13)14/h4-5,8,17H,3,6-7H2,1-2H3,(H4,13,14,15). The molecule has 0 saturated heterocycles. The van der Waals surface area contributed by atoms with Gasteiger partial charge in [-0.2, -0.15) is 0 Å². The number of nitrogens with two attached hydrogens (primary N) is 2. The number of guanidine groups is 1. The van der Waals surface area contributed by atoms with E-state index in [-0.39, 0.29) is 12.6 Å². The van der Waals surface area contributed by atoms with Gasteiger partial charge in [0, 0.05) is 18.8 Å². The third kappa shape index (κ3) is 3.64. The minimum atomic E-state index is 0.0588. The topological polar surface area (TPSA) is 87.9 Å². The molecule has 0 unspecified atom stereocenters. The second-order valence-electron chi connectivity index (χ2n) is 3.81. The minimum Gasteiger partial charge on any atom is -0.395 e. The van der Waals surface area contributed by atoms with Crippen molar-refractivity contribution in [1.82, 2.24) is 0 Å². The average molecular weight is 236 g/mol. The first kappa shape index (κ1) is 13.3. The highest BCUT2D eigenvalue weighted by Crippen LogP contribution is 2.24. The van der Waals surface area contributed by atoms with Gasteiger partial charge in [-0.15, -0.1) is 0 Å². The molecule has 5 N–H and O–H groups in total. The van der Waals surface area contributed by atoms with E-state index in [1.807, 2.05) is 25.1 Å². The Bertz CT molecular complexity index is 399. The maximum Gasteiger partial charge on any atom is 0.191 e. The van der Waals surface area contributed by atoms with Gasteiger partial charge in [-0.25, -0.2) is 4.99 Å². The van der Waals surface area contributed by atoms with Crippen molar-refractivity contribution in [2.75, 3.05) is 24.6 Å². The van der Waals surface area contributed by atoms with Gasteiger partial charge in [0.15, 0.2) is 5.96 Å². The Morgan fingerprint density at radius 1 is 1.41 bits per heavy atom. The third-order valence-corrected chi connectivity index (χ3v) is 2.55. The number of aliphatic hydroxyl groups excluding tert-OH is 1. The summed E-state index contributed by atoms with van der Waals surface area (Å²) in [5.41, 5.74) is 13.5. The van der Waals surface area contributed by atoms with Crippen LogP contribution in [0, 0.1) is 6.92 Å². The van der Waals surface area contributed by atoms with Crippen LogP contribution >= 0.6 is 0 Å². The Morgan fingerprint density at radius 2 is 2.12 bits per heavy atom. The normalized spacial score (nSPS) is 10.1. The lowest BCUT2D eigenvalue weighted by Crippen LogP contribution is -2.26. The van der Waals surface area contributed by atoms with Crippen LogP contribution in [0.4, 0.5) is 11.4 Å². The first-order valence-corrected chi connectivity index (χ1v) is 5.64. The lowest BCUT2D eigenvalue weighted by molar-refractivity contribution is 0.302. The van der Waals surface area contributed by atoms with Gasteiger partial charge in [-0.3, -0.25) is 0 Å². The molecule has 0 fully saturated rings. The fourth-order valence-corrected chi connectivity index (χ4v) is 1.69. The molecule has 17 heavy (non-hydrogen) atoms. The molecule has 0 aliphatic heterocycles. The van der Waals surface area contributed by atoms with Crippen LogP contribution in [0.3, 0.4) is 0 Å². The zero-order chi connectivity index (χ0) is 12.8. The molecule has 0 atom stereocenters. The largest absolute Gasteiger partial charge is 0.395 e. The van der Waals surface area contributed by atoms with Gasteiger partial charge in [0.2, 0.25) is 0 Å². The molecular weight excluding hydrogens is 216 g/mol. The van der Waals surface area contributed by atoms with Crippen LogP contribution in [-0.4, -0.2) is 30.8 Å². The first-order chi connectivity index (χ1) is 8.08. The number of aryl methyl sites for hydroxylation is 1. The van der Waals surface area contributed by atoms with Crippen LogP contribution in [0.1, 0.15) is 12.5 Å². The molecule has 0 bridgehead atoms. The smallest absolute Gasteiger partial charge is 0.191 e. The van der Waals surface area contributed by atoms with E-state index in [0.717, 1.165) is 23.5 Å². The highest BCUT2D eigenvalue weighted by atomic mass is 16.3. The quantitative estimate of drug-likeness (QED) is 0.519. The Hall–Kier alpha value is -1.75. The van der Waals surface area contributed by atoms with Crippen molar-refractivity contribution in [3.8, 4) is 0 Å². The summed E-state index contributed by atoms with van der Waals surface area (Å²) in [6.45, 7) is 5.62. The molecular formula is C12H20N4O. The van der Waals surface area contributed by atoms with Gasteiger partial charge in [0.25, 0.3) is 0 Å². The lowest BCUT2D eigenvalue weighted by atomic mass is 10.1. The first-order valence-electron chi connectivity index (χ1n) is 5.64. The zero-order valence-electron chi connectivity index (χ0n) is 10.3. The summed E-state index contributed by atoms with van der Waals surface area (Å²) in [6, 6.07) is 5.85. The van der Waals surface area contributed by atoms with E-state index in [1.165, 1.54) is 0 Å². The average Bonchev–Trinajstić information content (AvgIpc) is 2.28. The minimum absolute atomic E-state index is 0.0588. The fourth-order valence-electron chi connectivity index (χ4n) is 1.69. The van der Waals surface area contributed by atoms with Crippen LogP contribution in [0.2, 0.25) is 0 Å². The molecule has 0 spiro atoms. The molecule has 0 saturated carbocycles. The van der Waals surface area contributed by atoms with Crippen molar-refractivity contribution >= 4 is 17.3 Å². The van der Waals surface area contributed by atoms with Gasteiger partial charge in [-0.05, 0) is 37.6 Å². The molecule has 5 heteroatoms. The SMILES string of the molecule is CCN(CCO)c1ccc(N=C(N)N)c(C)c1. The number of likely N-dealkylation sites (N-methyl/N-ethyl adjacent to an activating group) is 1. The Kier molecular flexibility index (Phi) is 4.78. The number of hydrogen-bond acceptors (Lipinski definition) is 3. The number of nitrogens with zero attached hydrogens (tertiary/aromatic N) is 2. The molecule has 0 amide bonds. The van der Waals surface area contributed by atoms with Crippen LogP contribution in [0.5, 0.6) is 0 Å². The van der Waals surface area contributed by atoms with E-state index in [0.29, 0.717) is 6.54 Å². The lowest BCUT2D eigenvalue weighted by Gasteiger charge is -2.22. The Morgan fingerprint density at radius 3 is 2.59 bits per heavy atom. The molecule has 94 valence electrons. The van der Waals surface area contributed by atoms with E-state index in [2.05, 4.69) is 16.8 Å². The predicted octanol–water partition coefficient (Wildman–Crippen LogP) is 0.719. The van der Waals surface area contributed by atoms with Gasteiger partial charge in [0.05, 0.1) is 12.3 Å². The van der Waals surface area contributed by atoms with Crippen molar-refractivity contribution in [2.24, 2.45) is 16.5 Å². The van der Waals surface area contributed by atoms with E-state index >= 15 is 0 Å². The summed E-state index contributed by atoms with van der Waals surface area (Å²) in [5, 5.41) is 8.98. The molecule has 1 aromatic rings. The van der Waals surface area contributed by atoms with Crippen LogP contribution in [0.15, 0.2) is 23.2 Å². The van der Waals surface area contributed by atoms with Crippen molar-refractivity contribution < 1.29 is 5.11 Å². The number of hydrogen-bond donors (Lipinski definition) is 3. The highest BCUT2D eigenvalue weighted by Gasteiger charge is 2.05. The molecule has 0 radical (unpaired) electrons. The molecule has 1 rings (SSSR count). The molecule has 0 aromatic heterocycles. The van der Waals surface area contributed by atoms with Crippen LogP contribution < -0.4 is 16.4 Å². The second-order valence-corrected chi connectivity index (χ2v) is 3.81. The van der Waals surface area contributed by atoms with E-state index in [4.69, 9.17) is 16.6 Å².